The first kappa shape index (κ1) is 25.9. The number of piperidine rings is 1. The number of nitrogens with zero attached hydrogens (tertiary/aromatic N) is 2. The molecule has 5 heteroatoms. The molecule has 1 aromatic carbocycles. The molecule has 3 fully saturated rings. The highest BCUT2D eigenvalue weighted by molar-refractivity contribution is 5.82. The van der Waals surface area contributed by atoms with Crippen LogP contribution in [0.2, 0.25) is 0 Å². The number of carbonyl (C=O) groups excluding carboxylic acids is 1. The Bertz CT molecular complexity index is 1110. The summed E-state index contributed by atoms with van der Waals surface area (Å²) in [4.78, 5) is 22.1. The first-order valence-electron chi connectivity index (χ1n) is 15.4. The molecular weight excluding hydrogens is 468 g/mol. The van der Waals surface area contributed by atoms with E-state index in [1.165, 1.54) is 48.9 Å². The van der Waals surface area contributed by atoms with E-state index < -0.39 is 0 Å². The summed E-state index contributed by atoms with van der Waals surface area (Å²) >= 11 is 0. The zero-order valence-electron chi connectivity index (χ0n) is 23.4. The third kappa shape index (κ3) is 4.87. The number of nitrogens with one attached hydrogen (secondary N) is 2. The largest absolute Gasteiger partial charge is 0.368 e. The molecule has 2 aliphatic heterocycles. The number of hydrogen-bond acceptors (Lipinski definition) is 4. The molecule has 0 radical (unpaired) electrons. The number of carbonyl (C=O) groups is 1. The topological polar surface area (TPSA) is 57.3 Å². The lowest BCUT2D eigenvalue weighted by Gasteiger charge is -2.48. The number of benzene rings is 1. The molecule has 4 aliphatic rings. The number of likely N-dealkylation sites (tertiary alicyclic amines) is 1. The normalized spacial score (nSPS) is 30.0. The Labute approximate surface area is 229 Å². The van der Waals surface area contributed by atoms with Gasteiger partial charge in [-0.15, -0.1) is 0 Å². The highest BCUT2D eigenvalue weighted by Crippen LogP contribution is 2.47. The van der Waals surface area contributed by atoms with Gasteiger partial charge in [0, 0.05) is 42.8 Å². The van der Waals surface area contributed by atoms with Crippen LogP contribution in [0.3, 0.4) is 0 Å². The summed E-state index contributed by atoms with van der Waals surface area (Å²) in [5, 5.41) is 7.16. The molecule has 1 aromatic heterocycles. The van der Waals surface area contributed by atoms with Crippen molar-refractivity contribution in [1.82, 2.24) is 15.2 Å². The van der Waals surface area contributed by atoms with Crippen LogP contribution in [0.4, 0.5) is 5.82 Å². The minimum Gasteiger partial charge on any atom is -0.368 e. The van der Waals surface area contributed by atoms with Gasteiger partial charge < -0.3 is 15.5 Å². The molecule has 38 heavy (non-hydrogen) atoms. The van der Waals surface area contributed by atoms with Gasteiger partial charge in [0.15, 0.2) is 0 Å². The second-order valence-electron chi connectivity index (χ2n) is 12.8. The van der Waals surface area contributed by atoms with Crippen LogP contribution in [0.25, 0.3) is 0 Å². The highest BCUT2D eigenvalue weighted by Gasteiger charge is 2.52. The van der Waals surface area contributed by atoms with Gasteiger partial charge in [0.25, 0.3) is 0 Å². The third-order valence-electron chi connectivity index (χ3n) is 10.1. The van der Waals surface area contributed by atoms with Gasteiger partial charge >= 0.3 is 0 Å². The number of pyridine rings is 1. The number of aryl methyl sites for hydroxylation is 1. The van der Waals surface area contributed by atoms with Crippen LogP contribution in [0.15, 0.2) is 42.5 Å². The Kier molecular flexibility index (Phi) is 7.48. The fourth-order valence-electron chi connectivity index (χ4n) is 8.32. The highest BCUT2D eigenvalue weighted by atomic mass is 16.2. The minimum absolute atomic E-state index is 0.00613. The number of amides is 1. The van der Waals surface area contributed by atoms with E-state index in [1.54, 1.807) is 0 Å². The number of rotatable bonds is 5. The van der Waals surface area contributed by atoms with Crippen molar-refractivity contribution in [3.8, 4) is 0 Å². The maximum atomic E-state index is 14.6. The predicted molar refractivity (Wildman–Crippen MR) is 154 cm³/mol. The molecule has 4 atom stereocenters. The molecule has 1 saturated carbocycles. The summed E-state index contributed by atoms with van der Waals surface area (Å²) < 4.78 is 0. The predicted octanol–water partition coefficient (Wildman–Crippen LogP) is 6.05. The van der Waals surface area contributed by atoms with E-state index in [2.05, 4.69) is 71.8 Å². The van der Waals surface area contributed by atoms with E-state index in [4.69, 9.17) is 4.98 Å². The van der Waals surface area contributed by atoms with Gasteiger partial charge in [-0.2, -0.15) is 0 Å². The molecule has 6 rings (SSSR count). The Hall–Kier alpha value is -2.40. The Morgan fingerprint density at radius 2 is 1.87 bits per heavy atom. The molecule has 2 aromatic rings. The number of hydrogen-bond donors (Lipinski definition) is 2. The third-order valence-corrected chi connectivity index (χ3v) is 10.1. The molecule has 1 amide bonds. The van der Waals surface area contributed by atoms with Gasteiger partial charge in [-0.1, -0.05) is 55.7 Å². The van der Waals surface area contributed by atoms with Crippen molar-refractivity contribution in [2.24, 2.45) is 11.8 Å². The van der Waals surface area contributed by atoms with Gasteiger partial charge in [-0.05, 0) is 87.8 Å². The van der Waals surface area contributed by atoms with Crippen LogP contribution in [-0.2, 0) is 16.6 Å². The lowest BCUT2D eigenvalue weighted by molar-refractivity contribution is -0.143. The van der Waals surface area contributed by atoms with Crippen LogP contribution < -0.4 is 10.6 Å². The van der Waals surface area contributed by atoms with E-state index in [-0.39, 0.29) is 11.3 Å². The zero-order chi connectivity index (χ0) is 26.1. The summed E-state index contributed by atoms with van der Waals surface area (Å²) in [6.45, 7) is 6.89. The molecule has 5 nitrogen and oxygen atoms in total. The minimum atomic E-state index is -0.124. The van der Waals surface area contributed by atoms with E-state index in [9.17, 15) is 4.79 Å². The summed E-state index contributed by atoms with van der Waals surface area (Å²) in [6.07, 6.45) is 12.0. The van der Waals surface area contributed by atoms with Gasteiger partial charge in [0.1, 0.15) is 5.82 Å². The van der Waals surface area contributed by atoms with Crippen molar-refractivity contribution in [1.29, 1.82) is 0 Å². The Balaban J connectivity index is 1.28. The molecule has 1 spiro atoms. The molecule has 204 valence electrons. The Morgan fingerprint density at radius 3 is 2.66 bits per heavy atom. The van der Waals surface area contributed by atoms with Crippen LogP contribution in [0, 0.1) is 11.8 Å². The van der Waals surface area contributed by atoms with Crippen molar-refractivity contribution < 1.29 is 4.79 Å². The summed E-state index contributed by atoms with van der Waals surface area (Å²) in [6, 6.07) is 16.2. The lowest BCUT2D eigenvalue weighted by atomic mass is 9.64. The van der Waals surface area contributed by atoms with E-state index in [0.717, 1.165) is 57.6 Å². The molecule has 3 heterocycles. The van der Waals surface area contributed by atoms with Crippen LogP contribution in [0.5, 0.6) is 0 Å². The average molecular weight is 515 g/mol. The smallest absolute Gasteiger partial charge is 0.228 e. The lowest BCUT2D eigenvalue weighted by Crippen LogP contribution is -2.55. The van der Waals surface area contributed by atoms with Gasteiger partial charge in [0.2, 0.25) is 5.91 Å². The van der Waals surface area contributed by atoms with Crippen molar-refractivity contribution in [2.45, 2.75) is 101 Å². The zero-order valence-corrected chi connectivity index (χ0v) is 23.4. The first-order chi connectivity index (χ1) is 18.5. The van der Waals surface area contributed by atoms with Gasteiger partial charge in [-0.25, -0.2) is 4.98 Å². The van der Waals surface area contributed by atoms with Crippen LogP contribution in [0.1, 0.15) is 94.4 Å². The van der Waals surface area contributed by atoms with Crippen molar-refractivity contribution >= 4 is 11.7 Å². The average Bonchev–Trinajstić information content (AvgIpc) is 3.37. The second kappa shape index (κ2) is 11.0. The van der Waals surface area contributed by atoms with E-state index in [0.29, 0.717) is 29.8 Å². The molecule has 0 unspecified atom stereocenters. The van der Waals surface area contributed by atoms with Crippen LogP contribution >= 0.6 is 0 Å². The second-order valence-corrected chi connectivity index (χ2v) is 12.8. The molecule has 2 aliphatic carbocycles. The van der Waals surface area contributed by atoms with Crippen LogP contribution in [-0.4, -0.2) is 47.5 Å². The summed E-state index contributed by atoms with van der Waals surface area (Å²) in [5.74, 6) is 2.59. The van der Waals surface area contributed by atoms with Gasteiger partial charge in [-0.3, -0.25) is 4.79 Å². The van der Waals surface area contributed by atoms with Gasteiger partial charge in [0.05, 0.1) is 5.92 Å². The van der Waals surface area contributed by atoms with Crippen molar-refractivity contribution in [3.63, 3.8) is 0 Å². The van der Waals surface area contributed by atoms with E-state index in [1.807, 2.05) is 0 Å². The maximum absolute atomic E-state index is 14.6. The maximum Gasteiger partial charge on any atom is 0.228 e. The van der Waals surface area contributed by atoms with E-state index >= 15 is 0 Å². The molecular formula is C33H46N4O. The number of fused-ring (bicyclic) bond motifs is 2. The number of aromatic nitrogens is 1. The fourth-order valence-corrected chi connectivity index (χ4v) is 8.32. The van der Waals surface area contributed by atoms with Crippen molar-refractivity contribution in [2.75, 3.05) is 25.0 Å². The monoisotopic (exact) mass is 514 g/mol. The summed E-state index contributed by atoms with van der Waals surface area (Å²) in [5.41, 5.74) is 3.86. The molecule has 0 bridgehead atoms. The standard InChI is InChI=1S/C33H46N4O/c1-23(2)35-31-16-15-27-29(36-31)14-9-18-33(27)22-34-21-28(33)32(38)37-19-17-26(24-10-5-3-6-11-24)20-30(37)25-12-7-4-8-13-25/h3,5-6,10-11,15-16,23,25-26,28,30,34H,4,7-9,12-14,17-22H2,1-2H3,(H,35,36)/t26-,28+,30+,33+/m1/s1. The Morgan fingerprint density at radius 1 is 1.05 bits per heavy atom. The number of anilines is 1. The fraction of sp³-hybridized carbons (Fsp3) is 0.636. The SMILES string of the molecule is CC(C)Nc1ccc2c(n1)CCC[C@]21CNC[C@H]1C(=O)N1CC[C@@H](c2ccccc2)C[C@H]1C1CCCCC1. The van der Waals surface area contributed by atoms with Crippen molar-refractivity contribution in [3.05, 3.63) is 59.3 Å². The summed E-state index contributed by atoms with van der Waals surface area (Å²) in [7, 11) is 0. The first-order valence-corrected chi connectivity index (χ1v) is 15.4. The molecule has 2 saturated heterocycles. The molecule has 2 N–H and O–H groups in total. The quantitative estimate of drug-likeness (QED) is 0.510.